The first kappa shape index (κ1) is 40.5. The fourth-order valence-corrected chi connectivity index (χ4v) is 8.20. The first-order chi connectivity index (χ1) is 24.1. The molecule has 0 aliphatic carbocycles. The number of hydrogen-bond acceptors (Lipinski definition) is 8. The van der Waals surface area contributed by atoms with E-state index in [2.05, 4.69) is 0 Å². The highest BCUT2D eigenvalue weighted by atomic mass is 32.3. The van der Waals surface area contributed by atoms with E-state index in [-0.39, 0.29) is 64.1 Å². The van der Waals surface area contributed by atoms with Gasteiger partial charge in [-0.25, -0.2) is 4.79 Å². The molecule has 50 heavy (non-hydrogen) atoms. The van der Waals surface area contributed by atoms with E-state index in [4.69, 9.17) is 32.6 Å². The summed E-state index contributed by atoms with van der Waals surface area (Å²) in [5, 5.41) is 0. The Morgan fingerprint density at radius 3 is 1.16 bits per heavy atom. The van der Waals surface area contributed by atoms with Crippen LogP contribution < -0.4 is 28.4 Å². The summed E-state index contributed by atoms with van der Waals surface area (Å²) in [6.45, 7) is 13.1. The fourth-order valence-electron chi connectivity index (χ4n) is 4.80. The molecule has 0 unspecified atom stereocenters. The summed E-state index contributed by atoms with van der Waals surface area (Å²) in [6.07, 6.45) is -1.60. The molecule has 12 heteroatoms. The van der Waals surface area contributed by atoms with E-state index in [1.165, 1.54) is 0 Å². The first-order valence-corrected chi connectivity index (χ1v) is 19.0. The lowest BCUT2D eigenvalue weighted by molar-refractivity contribution is -0.188. The van der Waals surface area contributed by atoms with Crippen LogP contribution in [0.5, 0.6) is 34.5 Å². The molecule has 0 bridgehead atoms. The third kappa shape index (κ3) is 10.3. The van der Waals surface area contributed by atoms with Crippen molar-refractivity contribution in [2.75, 3.05) is 39.6 Å². The summed E-state index contributed by atoms with van der Waals surface area (Å²) in [6, 6.07) is 14.8. The Hall–Kier alpha value is -3.93. The number of carbonyl (C=O) groups is 1. The van der Waals surface area contributed by atoms with Crippen LogP contribution in [0.25, 0.3) is 0 Å². The second-order valence-corrected chi connectivity index (χ2v) is 13.9. The van der Waals surface area contributed by atoms with Gasteiger partial charge in [-0.3, -0.25) is 0 Å². The number of alkyl halides is 3. The molecule has 0 spiro atoms. The highest BCUT2D eigenvalue weighted by Crippen LogP contribution is 2.77. The number of ether oxygens (including phenoxy) is 6. The van der Waals surface area contributed by atoms with E-state index in [9.17, 15) is 18.0 Å². The Labute approximate surface area is 296 Å². The van der Waals surface area contributed by atoms with Crippen LogP contribution in [0.3, 0.4) is 0 Å². The Kier molecular flexibility index (Phi) is 16.2. The molecule has 0 N–H and O–H groups in total. The van der Waals surface area contributed by atoms with Crippen molar-refractivity contribution in [1.82, 2.24) is 0 Å². The summed E-state index contributed by atoms with van der Waals surface area (Å²) in [5.41, 5.74) is 0. The molecule has 0 atom stereocenters. The van der Waals surface area contributed by atoms with Crippen LogP contribution in [0.4, 0.5) is 13.2 Å². The topological polar surface area (TPSA) is 81.7 Å². The molecule has 0 aliphatic rings. The van der Waals surface area contributed by atoms with Gasteiger partial charge >= 0.3 is 12.1 Å². The zero-order valence-corrected chi connectivity index (χ0v) is 30.8. The van der Waals surface area contributed by atoms with Crippen molar-refractivity contribution in [3.8, 4) is 34.5 Å². The monoisotopic (exact) mass is 724 g/mol. The third-order valence-corrected chi connectivity index (χ3v) is 10.2. The molecule has 3 aromatic rings. The van der Waals surface area contributed by atoms with E-state index in [1.807, 2.05) is 41.5 Å². The van der Waals surface area contributed by atoms with Crippen molar-refractivity contribution < 1.29 is 50.6 Å². The van der Waals surface area contributed by atoms with Crippen LogP contribution in [0.1, 0.15) is 80.1 Å². The van der Waals surface area contributed by atoms with Gasteiger partial charge < -0.3 is 32.6 Å². The largest absolute Gasteiger partial charge is 0.493 e. The average molecular weight is 725 g/mol. The quantitative estimate of drug-likeness (QED) is 0.101. The molecule has 0 radical (unpaired) electrons. The van der Waals surface area contributed by atoms with E-state index in [1.54, 1.807) is 54.6 Å². The van der Waals surface area contributed by atoms with Crippen molar-refractivity contribution >= 4 is 16.3 Å². The van der Waals surface area contributed by atoms with Crippen molar-refractivity contribution in [2.24, 2.45) is 0 Å². The van der Waals surface area contributed by atoms with Crippen molar-refractivity contribution in [3.05, 3.63) is 54.6 Å². The van der Waals surface area contributed by atoms with E-state index in [0.29, 0.717) is 63.2 Å². The van der Waals surface area contributed by atoms with Crippen molar-refractivity contribution in [3.63, 3.8) is 0 Å². The predicted molar refractivity (Wildman–Crippen MR) is 189 cm³/mol. The molecule has 278 valence electrons. The van der Waals surface area contributed by atoms with Crippen LogP contribution in [0, 0.1) is 0 Å². The minimum atomic E-state index is -5.36. The Morgan fingerprint density at radius 2 is 0.860 bits per heavy atom. The van der Waals surface area contributed by atoms with Crippen molar-refractivity contribution in [1.29, 1.82) is 0 Å². The lowest BCUT2D eigenvalue weighted by Crippen LogP contribution is -2.28. The maximum atomic E-state index is 14.5. The van der Waals surface area contributed by atoms with Gasteiger partial charge in [-0.15, -0.1) is 0 Å². The SMILES string of the molecule is CCCOc1cc(OCCC)c(S(OC(=O)C(F)(F)F)(c2ccccc2)c2c(OCCC)cc(OCCC)cc2OCCC)c(OCCC)c1. The minimum absolute atomic E-state index is 0.108. The van der Waals surface area contributed by atoms with Crippen LogP contribution in [0.2, 0.25) is 0 Å². The first-order valence-electron chi connectivity index (χ1n) is 17.4. The van der Waals surface area contributed by atoms with Gasteiger partial charge in [0.1, 0.15) is 44.3 Å². The van der Waals surface area contributed by atoms with Gasteiger partial charge in [0.15, 0.2) is 0 Å². The smallest absolute Gasteiger partial charge is 0.491 e. The average Bonchev–Trinajstić information content (AvgIpc) is 3.11. The molecule has 0 heterocycles. The van der Waals surface area contributed by atoms with Crippen LogP contribution in [-0.2, 0) is 8.98 Å². The molecule has 8 nitrogen and oxygen atoms in total. The maximum absolute atomic E-state index is 14.5. The van der Waals surface area contributed by atoms with Gasteiger partial charge in [-0.05, 0) is 50.7 Å². The molecule has 0 aliphatic heterocycles. The number of carbonyl (C=O) groups excluding carboxylic acids is 1. The predicted octanol–water partition coefficient (Wildman–Crippen LogP) is 10.7. The Balaban J connectivity index is 2.71. The van der Waals surface area contributed by atoms with Gasteiger partial charge in [-0.1, -0.05) is 59.7 Å². The minimum Gasteiger partial charge on any atom is -0.493 e. The maximum Gasteiger partial charge on any atom is 0.491 e. The Morgan fingerprint density at radius 1 is 0.540 bits per heavy atom. The zero-order valence-electron chi connectivity index (χ0n) is 30.0. The fraction of sp³-hybridized carbons (Fsp3) is 0.500. The summed E-state index contributed by atoms with van der Waals surface area (Å²) < 4.78 is 87.0. The normalized spacial score (nSPS) is 11.9. The molecule has 3 aromatic carbocycles. The van der Waals surface area contributed by atoms with Crippen LogP contribution in [-0.4, -0.2) is 51.8 Å². The Bertz CT molecular complexity index is 1350. The molecule has 0 saturated carbocycles. The number of rotatable bonds is 22. The summed E-state index contributed by atoms with van der Waals surface area (Å²) in [5.74, 6) is -1.01. The number of benzene rings is 3. The molecular formula is C38H51F3O8S. The highest BCUT2D eigenvalue weighted by Gasteiger charge is 2.51. The molecule has 3 rings (SSSR count). The van der Waals surface area contributed by atoms with E-state index < -0.39 is 22.5 Å². The van der Waals surface area contributed by atoms with Gasteiger partial charge in [0.05, 0.1) is 39.6 Å². The molecular weight excluding hydrogens is 673 g/mol. The van der Waals surface area contributed by atoms with Crippen molar-refractivity contribution in [2.45, 2.75) is 101 Å². The summed E-state index contributed by atoms with van der Waals surface area (Å²) >= 11 is 0. The standard InChI is InChI=1S/C38H51F3O8S/c1-7-18-43-28-24-31(45-20-9-3)35(32(25-28)46-21-10-4)50(30-16-14-13-15-17-30,49-37(42)38(39,40)41)36-33(47-22-11-5)26-29(44-19-8-2)27-34(36)48-23-12-6/h13-17,24-27H,7-12,18-23H2,1-6H3. The zero-order chi connectivity index (χ0) is 36.6. The van der Waals surface area contributed by atoms with E-state index >= 15 is 0 Å². The lowest BCUT2D eigenvalue weighted by Gasteiger charge is -2.42. The second-order valence-electron chi connectivity index (χ2n) is 11.3. The molecule has 0 fully saturated rings. The molecule has 0 aromatic heterocycles. The van der Waals surface area contributed by atoms with E-state index in [0.717, 1.165) is 0 Å². The highest BCUT2D eigenvalue weighted by molar-refractivity contribution is 8.30. The van der Waals surface area contributed by atoms with Gasteiger partial charge in [0.25, 0.3) is 0 Å². The summed E-state index contributed by atoms with van der Waals surface area (Å²) in [4.78, 5) is 13.9. The van der Waals surface area contributed by atoms with Gasteiger partial charge in [-0.2, -0.15) is 13.2 Å². The van der Waals surface area contributed by atoms with Crippen LogP contribution >= 0.6 is 10.3 Å². The number of hydrogen-bond donors (Lipinski definition) is 0. The lowest BCUT2D eigenvalue weighted by atomic mass is 10.3. The van der Waals surface area contributed by atoms with Crippen LogP contribution in [0.15, 0.2) is 69.3 Å². The van der Waals surface area contributed by atoms with Gasteiger partial charge in [0, 0.05) is 39.5 Å². The molecule has 0 saturated heterocycles. The second kappa shape index (κ2) is 20.1. The summed E-state index contributed by atoms with van der Waals surface area (Å²) in [7, 11) is -3.81. The number of halogens is 3. The third-order valence-electron chi connectivity index (χ3n) is 6.86. The molecule has 0 amide bonds. The van der Waals surface area contributed by atoms with Gasteiger partial charge in [0.2, 0.25) is 0 Å².